The fourth-order valence-electron chi connectivity index (χ4n) is 2.64. The van der Waals surface area contributed by atoms with Crippen LogP contribution in [0.5, 0.6) is 0 Å². The second-order valence-electron chi connectivity index (χ2n) is 5.66. The predicted octanol–water partition coefficient (Wildman–Crippen LogP) is 1.11. The third kappa shape index (κ3) is 3.89. The van der Waals surface area contributed by atoms with Crippen LogP contribution in [-0.4, -0.2) is 54.8 Å². The summed E-state index contributed by atoms with van der Waals surface area (Å²) >= 11 is 0. The van der Waals surface area contributed by atoms with Crippen molar-refractivity contribution in [1.29, 1.82) is 0 Å². The van der Waals surface area contributed by atoms with E-state index in [0.29, 0.717) is 37.8 Å². The number of carbonyl (C=O) groups excluding carboxylic acids is 1. The van der Waals surface area contributed by atoms with Gasteiger partial charge in [-0.05, 0) is 36.4 Å². The summed E-state index contributed by atoms with van der Waals surface area (Å²) < 4.78 is 27.0. The van der Waals surface area contributed by atoms with Gasteiger partial charge in [-0.2, -0.15) is 4.31 Å². The lowest BCUT2D eigenvalue weighted by Gasteiger charge is -2.33. The summed E-state index contributed by atoms with van der Waals surface area (Å²) in [6.45, 7) is 5.14. The number of anilines is 2. The van der Waals surface area contributed by atoms with Gasteiger partial charge in [0.25, 0.3) is 0 Å². The molecule has 26 heavy (non-hydrogen) atoms. The lowest BCUT2D eigenvalue weighted by atomic mass is 10.3. The molecule has 9 heteroatoms. The fourth-order valence-corrected chi connectivity index (χ4v) is 4.06. The zero-order valence-electron chi connectivity index (χ0n) is 14.1. The molecule has 0 bridgehead atoms. The van der Waals surface area contributed by atoms with Gasteiger partial charge in [0.05, 0.1) is 4.90 Å². The first-order chi connectivity index (χ1) is 12.5. The molecule has 1 saturated heterocycles. The summed E-state index contributed by atoms with van der Waals surface area (Å²) in [6, 6.07) is 7.83. The van der Waals surface area contributed by atoms with Gasteiger partial charge in [0.2, 0.25) is 21.9 Å². The smallest absolute Gasteiger partial charge is 0.247 e. The third-order valence-electron chi connectivity index (χ3n) is 4.02. The van der Waals surface area contributed by atoms with Gasteiger partial charge in [-0.25, -0.2) is 18.4 Å². The SMILES string of the molecule is C=CC(=O)Nc1ccc(S(=O)(=O)N2CCN(c3ncccn3)CC2)cc1. The van der Waals surface area contributed by atoms with E-state index in [2.05, 4.69) is 21.9 Å². The Kier molecular flexibility index (Phi) is 5.29. The molecule has 1 aliphatic heterocycles. The molecule has 1 fully saturated rings. The first-order valence-corrected chi connectivity index (χ1v) is 9.50. The summed E-state index contributed by atoms with van der Waals surface area (Å²) in [5.41, 5.74) is 0.514. The molecule has 0 spiro atoms. The zero-order valence-corrected chi connectivity index (χ0v) is 14.9. The lowest BCUT2D eigenvalue weighted by molar-refractivity contribution is -0.111. The van der Waals surface area contributed by atoms with Crippen molar-refractivity contribution in [3.8, 4) is 0 Å². The molecule has 0 radical (unpaired) electrons. The Morgan fingerprint density at radius 3 is 2.27 bits per heavy atom. The van der Waals surface area contributed by atoms with E-state index in [1.807, 2.05) is 4.90 Å². The van der Waals surface area contributed by atoms with Crippen molar-refractivity contribution < 1.29 is 13.2 Å². The molecular weight excluding hydrogens is 354 g/mol. The van der Waals surface area contributed by atoms with E-state index in [4.69, 9.17) is 0 Å². The van der Waals surface area contributed by atoms with E-state index in [-0.39, 0.29) is 10.8 Å². The number of nitrogens with zero attached hydrogens (tertiary/aromatic N) is 4. The molecule has 0 saturated carbocycles. The van der Waals surface area contributed by atoms with Crippen molar-refractivity contribution in [3.63, 3.8) is 0 Å². The van der Waals surface area contributed by atoms with Crippen LogP contribution >= 0.6 is 0 Å². The van der Waals surface area contributed by atoms with Gasteiger partial charge < -0.3 is 10.2 Å². The molecule has 1 aliphatic rings. The first-order valence-electron chi connectivity index (χ1n) is 8.06. The zero-order chi connectivity index (χ0) is 18.6. The molecule has 0 unspecified atom stereocenters. The monoisotopic (exact) mass is 373 g/mol. The molecule has 136 valence electrons. The minimum atomic E-state index is -3.59. The minimum absolute atomic E-state index is 0.193. The number of piperazine rings is 1. The van der Waals surface area contributed by atoms with E-state index in [9.17, 15) is 13.2 Å². The summed E-state index contributed by atoms with van der Waals surface area (Å²) in [4.78, 5) is 21.8. The maximum atomic E-state index is 12.8. The summed E-state index contributed by atoms with van der Waals surface area (Å²) in [6.07, 6.45) is 4.48. The summed E-state index contributed by atoms with van der Waals surface area (Å²) in [5, 5.41) is 2.59. The van der Waals surface area contributed by atoms with Gasteiger partial charge in [-0.1, -0.05) is 6.58 Å². The average Bonchev–Trinajstić information content (AvgIpc) is 2.69. The predicted molar refractivity (Wildman–Crippen MR) is 98.3 cm³/mol. The number of hydrogen-bond acceptors (Lipinski definition) is 6. The van der Waals surface area contributed by atoms with Crippen molar-refractivity contribution in [3.05, 3.63) is 55.4 Å². The van der Waals surface area contributed by atoms with Gasteiger partial charge in [-0.15, -0.1) is 0 Å². The highest BCUT2D eigenvalue weighted by atomic mass is 32.2. The van der Waals surface area contributed by atoms with Crippen molar-refractivity contribution in [2.45, 2.75) is 4.90 Å². The van der Waals surface area contributed by atoms with Crippen LogP contribution < -0.4 is 10.2 Å². The van der Waals surface area contributed by atoms with Crippen molar-refractivity contribution in [2.24, 2.45) is 0 Å². The Morgan fingerprint density at radius 2 is 1.69 bits per heavy atom. The Hall–Kier alpha value is -2.78. The second kappa shape index (κ2) is 7.63. The van der Waals surface area contributed by atoms with Gasteiger partial charge >= 0.3 is 0 Å². The highest BCUT2D eigenvalue weighted by Gasteiger charge is 2.29. The van der Waals surface area contributed by atoms with E-state index >= 15 is 0 Å². The van der Waals surface area contributed by atoms with Crippen molar-refractivity contribution in [1.82, 2.24) is 14.3 Å². The van der Waals surface area contributed by atoms with E-state index in [0.717, 1.165) is 6.08 Å². The van der Waals surface area contributed by atoms with Crippen LogP contribution in [0.3, 0.4) is 0 Å². The van der Waals surface area contributed by atoms with Crippen molar-refractivity contribution in [2.75, 3.05) is 36.4 Å². The number of sulfonamides is 1. The normalized spacial score (nSPS) is 15.5. The Balaban J connectivity index is 1.67. The topological polar surface area (TPSA) is 95.5 Å². The number of rotatable bonds is 5. The maximum Gasteiger partial charge on any atom is 0.247 e. The van der Waals surface area contributed by atoms with Crippen LogP contribution in [-0.2, 0) is 14.8 Å². The quantitative estimate of drug-likeness (QED) is 0.789. The Morgan fingerprint density at radius 1 is 1.08 bits per heavy atom. The molecule has 1 amide bonds. The number of nitrogens with one attached hydrogen (secondary N) is 1. The number of carbonyl (C=O) groups is 1. The van der Waals surface area contributed by atoms with Gasteiger partial charge in [0.15, 0.2) is 0 Å². The number of amides is 1. The Labute approximate surface area is 152 Å². The largest absolute Gasteiger partial charge is 0.338 e. The first kappa shape index (κ1) is 18.0. The van der Waals surface area contributed by atoms with E-state index in [1.165, 1.54) is 16.4 Å². The lowest BCUT2D eigenvalue weighted by Crippen LogP contribution is -2.49. The molecule has 8 nitrogen and oxygen atoms in total. The molecular formula is C17H19N5O3S. The van der Waals surface area contributed by atoms with Crippen LogP contribution in [0.15, 0.2) is 60.3 Å². The van der Waals surface area contributed by atoms with Gasteiger partial charge in [-0.3, -0.25) is 4.79 Å². The highest BCUT2D eigenvalue weighted by Crippen LogP contribution is 2.21. The standard InChI is InChI=1S/C17H19N5O3S/c1-2-16(23)20-14-4-6-15(7-5-14)26(24,25)22-12-10-21(11-13-22)17-18-8-3-9-19-17/h2-9H,1,10-13H2,(H,20,23). The molecule has 3 rings (SSSR count). The molecule has 1 N–H and O–H groups in total. The molecule has 2 aromatic rings. The van der Waals surface area contributed by atoms with Gasteiger partial charge in [0.1, 0.15) is 0 Å². The number of benzene rings is 1. The van der Waals surface area contributed by atoms with Crippen LogP contribution in [0.4, 0.5) is 11.6 Å². The van der Waals surface area contributed by atoms with E-state index in [1.54, 1.807) is 30.6 Å². The molecule has 0 aliphatic carbocycles. The highest BCUT2D eigenvalue weighted by molar-refractivity contribution is 7.89. The maximum absolute atomic E-state index is 12.8. The summed E-state index contributed by atoms with van der Waals surface area (Å²) in [7, 11) is -3.59. The second-order valence-corrected chi connectivity index (χ2v) is 7.60. The molecule has 2 heterocycles. The van der Waals surface area contributed by atoms with Crippen LogP contribution in [0, 0.1) is 0 Å². The van der Waals surface area contributed by atoms with Crippen LogP contribution in [0.1, 0.15) is 0 Å². The van der Waals surface area contributed by atoms with Gasteiger partial charge in [0, 0.05) is 44.3 Å². The molecule has 0 atom stereocenters. The van der Waals surface area contributed by atoms with Crippen LogP contribution in [0.25, 0.3) is 0 Å². The molecule has 1 aromatic heterocycles. The Bertz CT molecular complexity index is 876. The van der Waals surface area contributed by atoms with Crippen LogP contribution in [0.2, 0.25) is 0 Å². The third-order valence-corrected chi connectivity index (χ3v) is 5.93. The fraction of sp³-hybridized carbons (Fsp3) is 0.235. The average molecular weight is 373 g/mol. The number of aromatic nitrogens is 2. The minimum Gasteiger partial charge on any atom is -0.338 e. The summed E-state index contributed by atoms with van der Waals surface area (Å²) in [5.74, 6) is 0.256. The van der Waals surface area contributed by atoms with Crippen molar-refractivity contribution >= 4 is 27.6 Å². The number of hydrogen-bond donors (Lipinski definition) is 1. The molecule has 1 aromatic carbocycles. The van der Waals surface area contributed by atoms with E-state index < -0.39 is 10.0 Å².